The van der Waals surface area contributed by atoms with Crippen LogP contribution in [0.4, 0.5) is 10.5 Å². The summed E-state index contributed by atoms with van der Waals surface area (Å²) in [4.78, 5) is 37.8. The van der Waals surface area contributed by atoms with Crippen LogP contribution in [0.1, 0.15) is 36.8 Å². The lowest BCUT2D eigenvalue weighted by molar-refractivity contribution is -0.142. The Morgan fingerprint density at radius 1 is 1.03 bits per heavy atom. The molecule has 9 heteroatoms. The zero-order valence-corrected chi connectivity index (χ0v) is 19.9. The number of carbonyl (C=O) groups is 3. The van der Waals surface area contributed by atoms with Crippen molar-refractivity contribution in [2.24, 2.45) is 5.92 Å². The number of likely N-dealkylation sites (tertiary alicyclic amines) is 1. The number of alkyl carbamates (subject to hydrolysis) is 1. The highest BCUT2D eigenvalue weighted by Crippen LogP contribution is 2.22. The summed E-state index contributed by atoms with van der Waals surface area (Å²) in [5, 5.41) is 13.4. The van der Waals surface area contributed by atoms with E-state index in [2.05, 4.69) is 15.5 Å². The molecule has 1 heterocycles. The van der Waals surface area contributed by atoms with E-state index in [1.54, 1.807) is 24.3 Å². The molecule has 3 N–H and O–H groups in total. The van der Waals surface area contributed by atoms with Crippen LogP contribution >= 0.6 is 0 Å². The maximum atomic E-state index is 12.4. The molecule has 0 spiro atoms. The maximum absolute atomic E-state index is 12.4. The molecule has 0 radical (unpaired) electrons. The van der Waals surface area contributed by atoms with Gasteiger partial charge in [0.05, 0.1) is 13.7 Å². The minimum atomic E-state index is -0.702. The van der Waals surface area contributed by atoms with Gasteiger partial charge < -0.3 is 14.8 Å². The number of nitrogens with zero attached hydrogens (tertiary/aromatic N) is 1. The highest BCUT2D eigenvalue weighted by molar-refractivity contribution is 6.04. The number of esters is 1. The number of carbonyl (C=O) groups excluding carboxylic acids is 3. The SMILES string of the molecule is COC(=O)CN1CCC(CCC(=O)Nc2ccc(C(=N)NC(=O)OCc3ccccc3)cc2)CC1. The normalized spacial score (nSPS) is 14.1. The van der Waals surface area contributed by atoms with Gasteiger partial charge in [0.1, 0.15) is 12.4 Å². The first-order valence-electron chi connectivity index (χ1n) is 11.7. The molecule has 2 aromatic carbocycles. The van der Waals surface area contributed by atoms with Crippen molar-refractivity contribution in [2.45, 2.75) is 32.3 Å². The molecule has 35 heavy (non-hydrogen) atoms. The number of amidine groups is 1. The number of anilines is 1. The third-order valence-electron chi connectivity index (χ3n) is 5.96. The van der Waals surface area contributed by atoms with Gasteiger partial charge >= 0.3 is 12.1 Å². The van der Waals surface area contributed by atoms with E-state index in [4.69, 9.17) is 14.9 Å². The fourth-order valence-electron chi connectivity index (χ4n) is 3.89. The van der Waals surface area contributed by atoms with Crippen molar-refractivity contribution in [2.75, 3.05) is 32.1 Å². The lowest BCUT2D eigenvalue weighted by Gasteiger charge is -2.30. The molecule has 1 aliphatic heterocycles. The Hall–Kier alpha value is -3.72. The third kappa shape index (κ3) is 8.86. The van der Waals surface area contributed by atoms with Gasteiger partial charge in [-0.3, -0.25) is 25.2 Å². The van der Waals surface area contributed by atoms with E-state index in [-0.39, 0.29) is 24.3 Å². The molecule has 0 bridgehead atoms. The second kappa shape index (κ2) is 13.2. The van der Waals surface area contributed by atoms with E-state index < -0.39 is 6.09 Å². The van der Waals surface area contributed by atoms with Crippen molar-refractivity contribution in [3.05, 3.63) is 65.7 Å². The van der Waals surface area contributed by atoms with E-state index in [1.165, 1.54) is 7.11 Å². The number of nitrogens with one attached hydrogen (secondary N) is 3. The van der Waals surface area contributed by atoms with Crippen molar-refractivity contribution in [1.82, 2.24) is 10.2 Å². The van der Waals surface area contributed by atoms with Crippen molar-refractivity contribution in [3.63, 3.8) is 0 Å². The maximum Gasteiger partial charge on any atom is 0.413 e. The predicted molar refractivity (Wildman–Crippen MR) is 132 cm³/mol. The smallest absolute Gasteiger partial charge is 0.413 e. The lowest BCUT2D eigenvalue weighted by atomic mass is 9.92. The summed E-state index contributed by atoms with van der Waals surface area (Å²) in [7, 11) is 1.40. The summed E-state index contributed by atoms with van der Waals surface area (Å²) in [5.41, 5.74) is 1.99. The van der Waals surface area contributed by atoms with Crippen LogP contribution in [0, 0.1) is 11.3 Å². The number of methoxy groups -OCH3 is 1. The monoisotopic (exact) mass is 480 g/mol. The molecule has 186 valence electrons. The average molecular weight is 481 g/mol. The fourth-order valence-corrected chi connectivity index (χ4v) is 3.89. The molecule has 2 amide bonds. The van der Waals surface area contributed by atoms with Crippen molar-refractivity contribution >= 4 is 29.5 Å². The van der Waals surface area contributed by atoms with Crippen LogP contribution in [0.15, 0.2) is 54.6 Å². The average Bonchev–Trinajstić information content (AvgIpc) is 2.88. The highest BCUT2D eigenvalue weighted by Gasteiger charge is 2.21. The first-order chi connectivity index (χ1) is 16.9. The number of rotatable bonds is 9. The summed E-state index contributed by atoms with van der Waals surface area (Å²) >= 11 is 0. The van der Waals surface area contributed by atoms with E-state index in [9.17, 15) is 14.4 Å². The number of ether oxygens (including phenoxy) is 2. The molecular weight excluding hydrogens is 448 g/mol. The molecule has 9 nitrogen and oxygen atoms in total. The van der Waals surface area contributed by atoms with E-state index in [0.29, 0.717) is 30.1 Å². The van der Waals surface area contributed by atoms with E-state index in [0.717, 1.165) is 37.9 Å². The molecule has 0 aromatic heterocycles. The molecule has 3 rings (SSSR count). The minimum Gasteiger partial charge on any atom is -0.468 e. The van der Waals surface area contributed by atoms with Gasteiger partial charge in [-0.25, -0.2) is 4.79 Å². The molecule has 2 aromatic rings. The molecule has 0 atom stereocenters. The van der Waals surface area contributed by atoms with Gasteiger partial charge in [0.15, 0.2) is 0 Å². The van der Waals surface area contributed by atoms with Gasteiger partial charge in [-0.05, 0) is 68.1 Å². The Kier molecular flexibility index (Phi) is 9.80. The topological polar surface area (TPSA) is 121 Å². The Bertz CT molecular complexity index is 1000. The van der Waals surface area contributed by atoms with Crippen LogP contribution in [0.25, 0.3) is 0 Å². The molecule has 1 aliphatic rings. The second-order valence-electron chi connectivity index (χ2n) is 8.52. The Labute approximate surface area is 205 Å². The molecule has 0 aliphatic carbocycles. The van der Waals surface area contributed by atoms with Gasteiger partial charge in [0.2, 0.25) is 5.91 Å². The minimum absolute atomic E-state index is 0.0626. The molecule has 0 unspecified atom stereocenters. The number of benzene rings is 2. The fraction of sp³-hybridized carbons (Fsp3) is 0.385. The number of piperidine rings is 1. The highest BCUT2D eigenvalue weighted by atomic mass is 16.5. The van der Waals surface area contributed by atoms with Crippen LogP contribution in [0.3, 0.4) is 0 Å². The van der Waals surface area contributed by atoms with Gasteiger partial charge in [-0.2, -0.15) is 0 Å². The summed E-state index contributed by atoms with van der Waals surface area (Å²) in [6.45, 7) is 2.12. The first-order valence-corrected chi connectivity index (χ1v) is 11.7. The number of hydrogen-bond acceptors (Lipinski definition) is 7. The number of amides is 2. The lowest BCUT2D eigenvalue weighted by Crippen LogP contribution is -2.37. The van der Waals surface area contributed by atoms with Gasteiger partial charge in [-0.1, -0.05) is 30.3 Å². The van der Waals surface area contributed by atoms with Crippen molar-refractivity contribution in [3.8, 4) is 0 Å². The van der Waals surface area contributed by atoms with Crippen molar-refractivity contribution < 1.29 is 23.9 Å². The Balaban J connectivity index is 1.35. The Morgan fingerprint density at radius 3 is 2.37 bits per heavy atom. The quantitative estimate of drug-likeness (QED) is 0.287. The molecule has 0 saturated carbocycles. The van der Waals surface area contributed by atoms with Crippen LogP contribution in [0.2, 0.25) is 0 Å². The summed E-state index contributed by atoms with van der Waals surface area (Å²) in [6.07, 6.45) is 2.44. The van der Waals surface area contributed by atoms with Crippen molar-refractivity contribution in [1.29, 1.82) is 5.41 Å². The zero-order valence-electron chi connectivity index (χ0n) is 19.9. The summed E-state index contributed by atoms with van der Waals surface area (Å²) in [5.74, 6) is 0.0971. The first kappa shape index (κ1) is 25.9. The van der Waals surface area contributed by atoms with Crippen LogP contribution in [0.5, 0.6) is 0 Å². The molecule has 1 fully saturated rings. The van der Waals surface area contributed by atoms with Gasteiger partial charge in [0.25, 0.3) is 0 Å². The summed E-state index contributed by atoms with van der Waals surface area (Å²) in [6, 6.07) is 16.0. The molecular formula is C26H32N4O5. The number of hydrogen-bond donors (Lipinski definition) is 3. The predicted octanol–water partition coefficient (Wildman–Crippen LogP) is 3.54. The Morgan fingerprint density at radius 2 is 1.71 bits per heavy atom. The molecule has 1 saturated heterocycles. The van der Waals surface area contributed by atoms with Crippen LogP contribution < -0.4 is 10.6 Å². The van der Waals surface area contributed by atoms with E-state index in [1.807, 2.05) is 30.3 Å². The largest absolute Gasteiger partial charge is 0.468 e. The zero-order chi connectivity index (χ0) is 25.0. The van der Waals surface area contributed by atoms with E-state index >= 15 is 0 Å². The van der Waals surface area contributed by atoms with Gasteiger partial charge in [0, 0.05) is 17.7 Å². The van der Waals surface area contributed by atoms with Crippen LogP contribution in [-0.2, 0) is 25.7 Å². The van der Waals surface area contributed by atoms with Crippen LogP contribution in [-0.4, -0.2) is 55.4 Å². The third-order valence-corrected chi connectivity index (χ3v) is 5.96. The second-order valence-corrected chi connectivity index (χ2v) is 8.52. The standard InChI is InChI=1S/C26H32N4O5/c1-34-24(32)17-30-15-13-19(14-16-30)7-12-23(31)28-22-10-8-21(9-11-22)25(27)29-26(33)35-18-20-5-3-2-4-6-20/h2-6,8-11,19H,7,12-18H2,1H3,(H,28,31)(H2,27,29,33). The van der Waals surface area contributed by atoms with Gasteiger partial charge in [-0.15, -0.1) is 0 Å². The summed E-state index contributed by atoms with van der Waals surface area (Å²) < 4.78 is 9.84.